The molecule has 1 heterocycles. The fraction of sp³-hybridized carbons (Fsp3) is 0.407. The van der Waals surface area contributed by atoms with Gasteiger partial charge in [0.2, 0.25) is 5.88 Å². The Kier molecular flexibility index (Phi) is 6.25. The number of fused-ring (bicyclic) bond motifs is 1. The number of ether oxygens (including phenoxy) is 1. The molecule has 4 rings (SSSR count). The largest absolute Gasteiger partial charge is 0.438 e. The summed E-state index contributed by atoms with van der Waals surface area (Å²) in [5.74, 6) is 2.10. The Labute approximate surface area is 185 Å². The van der Waals surface area contributed by atoms with E-state index in [0.29, 0.717) is 22.9 Å². The minimum absolute atomic E-state index is 0.417. The van der Waals surface area contributed by atoms with Crippen LogP contribution in [0, 0.1) is 22.7 Å². The zero-order valence-electron chi connectivity index (χ0n) is 18.7. The van der Waals surface area contributed by atoms with Gasteiger partial charge in [-0.05, 0) is 60.1 Å². The fourth-order valence-electron chi connectivity index (χ4n) is 4.63. The quantitative estimate of drug-likeness (QED) is 0.512. The Balaban J connectivity index is 1.46. The van der Waals surface area contributed by atoms with E-state index in [1.165, 1.54) is 42.8 Å². The Morgan fingerprint density at radius 1 is 1.00 bits per heavy atom. The lowest BCUT2D eigenvalue weighted by Gasteiger charge is -2.37. The summed E-state index contributed by atoms with van der Waals surface area (Å²) < 4.78 is 6.04. The van der Waals surface area contributed by atoms with Crippen LogP contribution in [0.3, 0.4) is 0 Å². The third kappa shape index (κ3) is 5.06. The predicted octanol–water partition coefficient (Wildman–Crippen LogP) is 6.59. The van der Waals surface area contributed by atoms with Crippen molar-refractivity contribution >= 4 is 10.8 Å². The normalized spacial score (nSPS) is 19.2. The maximum Gasteiger partial charge on any atom is 0.219 e. The summed E-state index contributed by atoms with van der Waals surface area (Å²) in [6.07, 6.45) is 6.67. The van der Waals surface area contributed by atoms with E-state index in [-0.39, 0.29) is 0 Å². The molecule has 4 heteroatoms. The molecule has 0 saturated heterocycles. The molecule has 0 aliphatic heterocycles. The number of pyridine rings is 1. The molecule has 0 spiro atoms. The van der Waals surface area contributed by atoms with Gasteiger partial charge in [-0.1, -0.05) is 51.1 Å². The van der Waals surface area contributed by atoms with Gasteiger partial charge >= 0.3 is 0 Å². The van der Waals surface area contributed by atoms with E-state index in [0.717, 1.165) is 23.6 Å². The second-order valence-corrected chi connectivity index (χ2v) is 9.66. The van der Waals surface area contributed by atoms with Gasteiger partial charge in [-0.3, -0.25) is 0 Å². The molecule has 31 heavy (non-hydrogen) atoms. The molecule has 3 aromatic rings. The molecule has 0 unspecified atom stereocenters. The summed E-state index contributed by atoms with van der Waals surface area (Å²) in [5, 5.41) is 15.0. The SMILES string of the molecule is CC(C)(C)[C@H]1CC[C@H](NCc2cccc3c(Oc4ccc(C#N)cn4)cccc23)CC1. The molecule has 1 N–H and O–H groups in total. The van der Waals surface area contributed by atoms with Crippen LogP contribution >= 0.6 is 0 Å². The molecular weight excluding hydrogens is 382 g/mol. The molecular formula is C27H31N3O. The van der Waals surface area contributed by atoms with Crippen molar-refractivity contribution in [2.45, 2.75) is 59.0 Å². The molecule has 1 saturated carbocycles. The average Bonchev–Trinajstić information content (AvgIpc) is 2.78. The van der Waals surface area contributed by atoms with E-state index in [4.69, 9.17) is 10.00 Å². The standard InChI is InChI=1S/C27H31N3O/c1-27(2,3)21-11-13-22(14-12-21)29-18-20-6-4-8-24-23(20)7-5-9-25(24)31-26-15-10-19(16-28)17-30-26/h4-10,15,17,21-22,29H,11-14,18H2,1-3H3/t21-,22-. The van der Waals surface area contributed by atoms with Crippen LogP contribution in [0.25, 0.3) is 10.8 Å². The Morgan fingerprint density at radius 2 is 1.74 bits per heavy atom. The van der Waals surface area contributed by atoms with Crippen molar-refractivity contribution < 1.29 is 4.74 Å². The average molecular weight is 414 g/mol. The smallest absolute Gasteiger partial charge is 0.219 e. The third-order valence-electron chi connectivity index (χ3n) is 6.59. The van der Waals surface area contributed by atoms with Gasteiger partial charge in [0.25, 0.3) is 0 Å². The molecule has 160 valence electrons. The van der Waals surface area contributed by atoms with E-state index < -0.39 is 0 Å². The number of nitriles is 1. The molecule has 1 fully saturated rings. The summed E-state index contributed by atoms with van der Waals surface area (Å²) in [6, 6.07) is 18.7. The van der Waals surface area contributed by atoms with Crippen LogP contribution in [-0.4, -0.2) is 11.0 Å². The zero-order chi connectivity index (χ0) is 21.8. The topological polar surface area (TPSA) is 57.9 Å². The first-order valence-corrected chi connectivity index (χ1v) is 11.2. The van der Waals surface area contributed by atoms with Crippen LogP contribution in [-0.2, 0) is 6.54 Å². The Bertz CT molecular complexity index is 1070. The number of hydrogen-bond acceptors (Lipinski definition) is 4. The van der Waals surface area contributed by atoms with Gasteiger partial charge < -0.3 is 10.1 Å². The van der Waals surface area contributed by atoms with E-state index >= 15 is 0 Å². The first-order chi connectivity index (χ1) is 14.9. The van der Waals surface area contributed by atoms with Crippen LogP contribution in [0.5, 0.6) is 11.6 Å². The van der Waals surface area contributed by atoms with Gasteiger partial charge in [0.05, 0.1) is 5.56 Å². The number of nitrogens with one attached hydrogen (secondary N) is 1. The Morgan fingerprint density at radius 3 is 2.42 bits per heavy atom. The highest BCUT2D eigenvalue weighted by atomic mass is 16.5. The molecule has 0 radical (unpaired) electrons. The number of nitrogens with zero attached hydrogens (tertiary/aromatic N) is 2. The summed E-state index contributed by atoms with van der Waals surface area (Å²) in [4.78, 5) is 4.24. The lowest BCUT2D eigenvalue weighted by molar-refractivity contribution is 0.160. The predicted molar refractivity (Wildman–Crippen MR) is 125 cm³/mol. The first-order valence-electron chi connectivity index (χ1n) is 11.2. The maximum atomic E-state index is 8.95. The highest BCUT2D eigenvalue weighted by molar-refractivity contribution is 5.91. The van der Waals surface area contributed by atoms with Gasteiger partial charge in [0, 0.05) is 30.2 Å². The number of rotatable bonds is 5. The van der Waals surface area contributed by atoms with Crippen molar-refractivity contribution in [2.24, 2.45) is 11.3 Å². The summed E-state index contributed by atoms with van der Waals surface area (Å²) >= 11 is 0. The molecule has 0 atom stereocenters. The molecule has 1 aromatic heterocycles. The van der Waals surface area contributed by atoms with Crippen LogP contribution < -0.4 is 10.1 Å². The molecule has 1 aliphatic carbocycles. The summed E-state index contributed by atoms with van der Waals surface area (Å²) in [5.41, 5.74) is 2.23. The fourth-order valence-corrected chi connectivity index (χ4v) is 4.63. The highest BCUT2D eigenvalue weighted by Crippen LogP contribution is 2.38. The van der Waals surface area contributed by atoms with Gasteiger partial charge in [0.1, 0.15) is 11.8 Å². The van der Waals surface area contributed by atoms with Crippen molar-refractivity contribution in [1.82, 2.24) is 10.3 Å². The van der Waals surface area contributed by atoms with E-state index in [9.17, 15) is 0 Å². The second kappa shape index (κ2) is 9.08. The van der Waals surface area contributed by atoms with Gasteiger partial charge in [-0.2, -0.15) is 5.26 Å². The van der Waals surface area contributed by atoms with Gasteiger partial charge in [0.15, 0.2) is 0 Å². The highest BCUT2D eigenvalue weighted by Gasteiger charge is 2.29. The van der Waals surface area contributed by atoms with Crippen LogP contribution in [0.2, 0.25) is 0 Å². The van der Waals surface area contributed by atoms with Crippen LogP contribution in [0.15, 0.2) is 54.7 Å². The molecule has 4 nitrogen and oxygen atoms in total. The van der Waals surface area contributed by atoms with Gasteiger partial charge in [-0.25, -0.2) is 4.98 Å². The van der Waals surface area contributed by atoms with E-state index in [1.807, 2.05) is 12.1 Å². The van der Waals surface area contributed by atoms with Crippen molar-refractivity contribution in [3.63, 3.8) is 0 Å². The lowest BCUT2D eigenvalue weighted by Crippen LogP contribution is -2.35. The van der Waals surface area contributed by atoms with Crippen molar-refractivity contribution in [2.75, 3.05) is 0 Å². The molecule has 2 aromatic carbocycles. The zero-order valence-corrected chi connectivity index (χ0v) is 18.7. The van der Waals surface area contributed by atoms with Gasteiger partial charge in [-0.15, -0.1) is 0 Å². The number of benzene rings is 2. The third-order valence-corrected chi connectivity index (χ3v) is 6.59. The van der Waals surface area contributed by atoms with Crippen LogP contribution in [0.4, 0.5) is 0 Å². The number of hydrogen-bond donors (Lipinski definition) is 1. The minimum Gasteiger partial charge on any atom is -0.438 e. The molecule has 0 bridgehead atoms. The lowest BCUT2D eigenvalue weighted by atomic mass is 9.71. The monoisotopic (exact) mass is 413 g/mol. The van der Waals surface area contributed by atoms with Crippen molar-refractivity contribution in [1.29, 1.82) is 5.26 Å². The molecule has 0 amide bonds. The number of aromatic nitrogens is 1. The summed E-state index contributed by atoms with van der Waals surface area (Å²) in [6.45, 7) is 7.97. The molecule has 1 aliphatic rings. The Hall–Kier alpha value is -2.90. The first kappa shape index (κ1) is 21.3. The van der Waals surface area contributed by atoms with E-state index in [2.05, 4.69) is 61.4 Å². The van der Waals surface area contributed by atoms with Crippen molar-refractivity contribution in [3.8, 4) is 17.7 Å². The minimum atomic E-state index is 0.417. The van der Waals surface area contributed by atoms with Crippen LogP contribution in [0.1, 0.15) is 57.6 Å². The van der Waals surface area contributed by atoms with E-state index in [1.54, 1.807) is 12.1 Å². The second-order valence-electron chi connectivity index (χ2n) is 9.66. The maximum absolute atomic E-state index is 8.95. The van der Waals surface area contributed by atoms with Crippen molar-refractivity contribution in [3.05, 3.63) is 65.9 Å². The summed E-state index contributed by atoms with van der Waals surface area (Å²) in [7, 11) is 0.